The molecule has 1 aromatic carbocycles. The second-order valence-corrected chi connectivity index (χ2v) is 3.71. The molecule has 1 aliphatic heterocycles. The van der Waals surface area contributed by atoms with Crippen LogP contribution in [0, 0.1) is 0 Å². The summed E-state index contributed by atoms with van der Waals surface area (Å²) in [6, 6.07) is 4.94. The lowest BCUT2D eigenvalue weighted by Gasteiger charge is -2.24. The molecule has 1 unspecified atom stereocenters. The second-order valence-electron chi connectivity index (χ2n) is 3.71. The van der Waals surface area contributed by atoms with Gasteiger partial charge in [0.15, 0.2) is 11.5 Å². The molecule has 2 N–H and O–H groups in total. The number of benzene rings is 1. The number of ether oxygens (including phenoxy) is 2. The van der Waals surface area contributed by atoms with Gasteiger partial charge < -0.3 is 15.2 Å². The summed E-state index contributed by atoms with van der Waals surface area (Å²) in [7, 11) is 0. The van der Waals surface area contributed by atoms with E-state index in [2.05, 4.69) is 0 Å². The maximum atomic E-state index is 11.8. The number of nitrogens with two attached hydrogens (primary N) is 1. The van der Waals surface area contributed by atoms with E-state index in [9.17, 15) is 9.59 Å². The molecule has 0 saturated carbocycles. The van der Waals surface area contributed by atoms with Crippen LogP contribution in [0.1, 0.15) is 23.7 Å². The molecule has 2 rings (SSSR count). The highest BCUT2D eigenvalue weighted by Gasteiger charge is 2.33. The highest BCUT2D eigenvalue weighted by Crippen LogP contribution is 2.33. The van der Waals surface area contributed by atoms with Gasteiger partial charge in [0.05, 0.1) is 24.3 Å². The van der Waals surface area contributed by atoms with E-state index in [1.54, 1.807) is 25.1 Å². The summed E-state index contributed by atoms with van der Waals surface area (Å²) in [4.78, 5) is 23.3. The van der Waals surface area contributed by atoms with Gasteiger partial charge in [0.1, 0.15) is 0 Å². The molecule has 0 aromatic heterocycles. The van der Waals surface area contributed by atoms with E-state index in [0.29, 0.717) is 11.3 Å². The third-order valence-corrected chi connectivity index (χ3v) is 2.53. The number of carbonyl (C=O) groups excluding carboxylic acids is 2. The Hall–Kier alpha value is -2.04. The van der Waals surface area contributed by atoms with Crippen molar-refractivity contribution < 1.29 is 19.1 Å². The Morgan fingerprint density at radius 1 is 1.59 bits per heavy atom. The monoisotopic (exact) mass is 235 g/mol. The molecule has 1 atom stereocenters. The molecule has 0 radical (unpaired) electrons. The van der Waals surface area contributed by atoms with Gasteiger partial charge in [-0.05, 0) is 19.1 Å². The first-order chi connectivity index (χ1) is 8.13. The van der Waals surface area contributed by atoms with Crippen molar-refractivity contribution in [1.29, 1.82) is 0 Å². The fraction of sp³-hybridized carbons (Fsp3) is 0.333. The van der Waals surface area contributed by atoms with Crippen LogP contribution in [0.25, 0.3) is 0 Å². The van der Waals surface area contributed by atoms with Crippen molar-refractivity contribution in [2.24, 2.45) is 0 Å². The first-order valence-corrected chi connectivity index (χ1v) is 5.38. The molecule has 0 spiro atoms. The van der Waals surface area contributed by atoms with Crippen molar-refractivity contribution in [3.05, 3.63) is 23.8 Å². The number of rotatable bonds is 2. The number of anilines is 1. The van der Waals surface area contributed by atoms with Gasteiger partial charge in [0.25, 0.3) is 0 Å². The van der Waals surface area contributed by atoms with E-state index in [4.69, 9.17) is 15.2 Å². The quantitative estimate of drug-likeness (QED) is 0.614. The third-order valence-electron chi connectivity index (χ3n) is 2.53. The van der Waals surface area contributed by atoms with Crippen LogP contribution in [0.15, 0.2) is 18.2 Å². The molecule has 0 amide bonds. The predicted octanol–water partition coefficient (Wildman–Crippen LogP) is 1.17. The lowest BCUT2D eigenvalue weighted by molar-refractivity contribution is -0.151. The van der Waals surface area contributed by atoms with Crippen molar-refractivity contribution in [2.45, 2.75) is 19.4 Å². The lowest BCUT2D eigenvalue weighted by atomic mass is 10.00. The van der Waals surface area contributed by atoms with Crippen molar-refractivity contribution in [2.75, 3.05) is 12.3 Å². The molecule has 17 heavy (non-hydrogen) atoms. The van der Waals surface area contributed by atoms with Crippen LogP contribution in [0.5, 0.6) is 5.75 Å². The van der Waals surface area contributed by atoms with Crippen LogP contribution in [0.4, 0.5) is 5.69 Å². The van der Waals surface area contributed by atoms with Crippen molar-refractivity contribution in [1.82, 2.24) is 0 Å². The summed E-state index contributed by atoms with van der Waals surface area (Å²) < 4.78 is 10.3. The minimum atomic E-state index is -0.889. The molecule has 0 saturated heterocycles. The van der Waals surface area contributed by atoms with Gasteiger partial charge >= 0.3 is 5.97 Å². The highest BCUT2D eigenvalue weighted by molar-refractivity contribution is 6.03. The smallest absolute Gasteiger partial charge is 0.347 e. The van der Waals surface area contributed by atoms with Gasteiger partial charge in [-0.1, -0.05) is 6.07 Å². The van der Waals surface area contributed by atoms with Crippen LogP contribution >= 0.6 is 0 Å². The number of hydrogen-bond donors (Lipinski definition) is 1. The Morgan fingerprint density at radius 2 is 2.35 bits per heavy atom. The fourth-order valence-corrected chi connectivity index (χ4v) is 1.73. The number of Topliss-reactive ketones (excluding diaryl/α,β-unsaturated/α-hetero) is 1. The Bertz CT molecular complexity index is 470. The van der Waals surface area contributed by atoms with Gasteiger partial charge in [-0.15, -0.1) is 0 Å². The Morgan fingerprint density at radius 3 is 3.06 bits per heavy atom. The number of nitrogen functional groups attached to an aromatic ring is 1. The Labute approximate surface area is 98.5 Å². The molecule has 1 aromatic rings. The lowest BCUT2D eigenvalue weighted by Crippen LogP contribution is -2.35. The maximum Gasteiger partial charge on any atom is 0.347 e. The standard InChI is InChI=1S/C12H13NO4/c1-2-16-12(15)10-6-9(14)7-4-3-5-8(13)11(7)17-10/h3-5,10H,2,6,13H2,1H3. The largest absolute Gasteiger partial charge is 0.475 e. The van der Waals surface area contributed by atoms with Crippen molar-refractivity contribution in [3.8, 4) is 5.75 Å². The molecule has 0 aliphatic carbocycles. The van der Waals surface area contributed by atoms with Gasteiger partial charge in [-0.3, -0.25) is 4.79 Å². The van der Waals surface area contributed by atoms with E-state index >= 15 is 0 Å². The molecule has 90 valence electrons. The average Bonchev–Trinajstić information content (AvgIpc) is 2.30. The molecule has 0 fully saturated rings. The maximum absolute atomic E-state index is 11.8. The first kappa shape index (κ1) is 11.4. The normalized spacial score (nSPS) is 18.2. The summed E-state index contributed by atoms with van der Waals surface area (Å²) in [5, 5.41) is 0. The summed E-state index contributed by atoms with van der Waals surface area (Å²) in [6.07, 6.45) is -0.894. The van der Waals surface area contributed by atoms with Crippen LogP contribution in [-0.4, -0.2) is 24.5 Å². The van der Waals surface area contributed by atoms with Crippen molar-refractivity contribution >= 4 is 17.4 Å². The SMILES string of the molecule is CCOC(=O)C1CC(=O)c2cccc(N)c2O1. The zero-order valence-corrected chi connectivity index (χ0v) is 9.43. The van der Waals surface area contributed by atoms with E-state index in [1.807, 2.05) is 0 Å². The summed E-state index contributed by atoms with van der Waals surface area (Å²) >= 11 is 0. The van der Waals surface area contributed by atoms with Gasteiger partial charge in [0.2, 0.25) is 6.10 Å². The molecule has 5 heteroatoms. The van der Waals surface area contributed by atoms with E-state index in [0.717, 1.165) is 0 Å². The highest BCUT2D eigenvalue weighted by atomic mass is 16.6. The average molecular weight is 235 g/mol. The van der Waals surface area contributed by atoms with Crippen LogP contribution in [0.2, 0.25) is 0 Å². The number of fused-ring (bicyclic) bond motifs is 1. The molecule has 5 nitrogen and oxygen atoms in total. The number of para-hydroxylation sites is 1. The Kier molecular flexibility index (Phi) is 2.99. The van der Waals surface area contributed by atoms with E-state index in [-0.39, 0.29) is 24.6 Å². The number of ketones is 1. The number of esters is 1. The second kappa shape index (κ2) is 4.45. The zero-order chi connectivity index (χ0) is 12.4. The van der Waals surface area contributed by atoms with E-state index < -0.39 is 12.1 Å². The summed E-state index contributed by atoms with van der Waals surface area (Å²) in [6.45, 7) is 1.95. The zero-order valence-electron chi connectivity index (χ0n) is 9.43. The topological polar surface area (TPSA) is 78.6 Å². The van der Waals surface area contributed by atoms with Crippen molar-refractivity contribution in [3.63, 3.8) is 0 Å². The molecular weight excluding hydrogens is 222 g/mol. The minimum Gasteiger partial charge on any atom is -0.475 e. The molecule has 1 aliphatic rings. The van der Waals surface area contributed by atoms with Crippen LogP contribution < -0.4 is 10.5 Å². The number of hydrogen-bond acceptors (Lipinski definition) is 5. The molecular formula is C12H13NO4. The first-order valence-electron chi connectivity index (χ1n) is 5.38. The van der Waals surface area contributed by atoms with E-state index in [1.165, 1.54) is 0 Å². The van der Waals surface area contributed by atoms with Crippen LogP contribution in [-0.2, 0) is 9.53 Å². The van der Waals surface area contributed by atoms with Crippen LogP contribution in [0.3, 0.4) is 0 Å². The molecule has 1 heterocycles. The van der Waals surface area contributed by atoms with Gasteiger partial charge in [-0.2, -0.15) is 0 Å². The number of carbonyl (C=O) groups is 2. The predicted molar refractivity (Wildman–Crippen MR) is 60.9 cm³/mol. The molecule has 0 bridgehead atoms. The summed E-state index contributed by atoms with van der Waals surface area (Å²) in [5.74, 6) is -0.409. The van der Waals surface area contributed by atoms with Gasteiger partial charge in [-0.25, -0.2) is 4.79 Å². The summed E-state index contributed by atoms with van der Waals surface area (Å²) in [5.41, 5.74) is 6.48. The van der Waals surface area contributed by atoms with Gasteiger partial charge in [0, 0.05) is 0 Å². The third kappa shape index (κ3) is 2.08. The fourth-order valence-electron chi connectivity index (χ4n) is 1.73. The Balaban J connectivity index is 2.29. The minimum absolute atomic E-state index is 0.00468.